The summed E-state index contributed by atoms with van der Waals surface area (Å²) in [5.74, 6) is 0.786. The molecule has 0 atom stereocenters. The zero-order valence-electron chi connectivity index (χ0n) is 5.71. The van der Waals surface area contributed by atoms with Crippen molar-refractivity contribution >= 4 is 12.6 Å². The fourth-order valence-corrected chi connectivity index (χ4v) is 1.64. The summed E-state index contributed by atoms with van der Waals surface area (Å²) in [7, 11) is 0. The predicted octanol–water partition coefficient (Wildman–Crippen LogP) is 2.66. The smallest absolute Gasteiger partial charge is 0.00172 e. The van der Waals surface area contributed by atoms with Gasteiger partial charge in [0.15, 0.2) is 0 Å². The van der Waals surface area contributed by atoms with Crippen molar-refractivity contribution in [2.24, 2.45) is 5.92 Å². The molecule has 0 bridgehead atoms. The first-order valence-corrected chi connectivity index (χ1v) is 4.15. The molecule has 0 aliphatic heterocycles. The predicted molar refractivity (Wildman–Crippen MR) is 44.9 cm³/mol. The second-order valence-corrected chi connectivity index (χ2v) is 3.53. The van der Waals surface area contributed by atoms with Gasteiger partial charge in [0.2, 0.25) is 0 Å². The summed E-state index contributed by atoms with van der Waals surface area (Å²) < 4.78 is 0. The van der Waals surface area contributed by atoms with E-state index >= 15 is 0 Å². The molecule has 0 unspecified atom stereocenters. The number of allylic oxidation sites excluding steroid dienone is 1. The summed E-state index contributed by atoms with van der Waals surface area (Å²) in [5, 5.41) is 0.668. The van der Waals surface area contributed by atoms with Crippen LogP contribution in [-0.4, -0.2) is 5.25 Å². The average Bonchev–Trinajstić information content (AvgIpc) is 1.90. The SMILES string of the molecule is C=CC1CCC(S)CC1. The molecule has 0 heterocycles. The van der Waals surface area contributed by atoms with Crippen molar-refractivity contribution in [1.29, 1.82) is 0 Å². The van der Waals surface area contributed by atoms with Crippen LogP contribution in [-0.2, 0) is 0 Å². The van der Waals surface area contributed by atoms with E-state index in [0.717, 1.165) is 5.92 Å². The monoisotopic (exact) mass is 142 g/mol. The minimum atomic E-state index is 0.668. The first kappa shape index (κ1) is 7.20. The number of hydrogen-bond acceptors (Lipinski definition) is 1. The van der Waals surface area contributed by atoms with Gasteiger partial charge in [-0.1, -0.05) is 6.08 Å². The molecule has 0 spiro atoms. The molecule has 0 aromatic carbocycles. The van der Waals surface area contributed by atoms with Crippen LogP contribution < -0.4 is 0 Å². The van der Waals surface area contributed by atoms with E-state index in [2.05, 4.69) is 25.3 Å². The second-order valence-electron chi connectivity index (χ2n) is 2.80. The molecule has 0 nitrogen and oxygen atoms in total. The van der Waals surface area contributed by atoms with Gasteiger partial charge in [-0.25, -0.2) is 0 Å². The summed E-state index contributed by atoms with van der Waals surface area (Å²) in [5.41, 5.74) is 0. The van der Waals surface area contributed by atoms with Crippen molar-refractivity contribution in [1.82, 2.24) is 0 Å². The van der Waals surface area contributed by atoms with Crippen LogP contribution in [0.4, 0.5) is 0 Å². The van der Waals surface area contributed by atoms with Crippen LogP contribution in [0.3, 0.4) is 0 Å². The zero-order valence-corrected chi connectivity index (χ0v) is 6.61. The van der Waals surface area contributed by atoms with Crippen LogP contribution >= 0.6 is 12.6 Å². The molecule has 52 valence electrons. The van der Waals surface area contributed by atoms with Gasteiger partial charge in [0, 0.05) is 5.25 Å². The Balaban J connectivity index is 2.26. The Hall–Kier alpha value is 0.0900. The lowest BCUT2D eigenvalue weighted by molar-refractivity contribution is 0.430. The topological polar surface area (TPSA) is 0 Å². The molecule has 0 amide bonds. The van der Waals surface area contributed by atoms with Crippen molar-refractivity contribution in [3.63, 3.8) is 0 Å². The number of thiol groups is 1. The van der Waals surface area contributed by atoms with Crippen molar-refractivity contribution in [2.45, 2.75) is 30.9 Å². The third kappa shape index (κ3) is 2.05. The molecule has 0 radical (unpaired) electrons. The normalized spacial score (nSPS) is 36.1. The minimum absolute atomic E-state index is 0.668. The molecule has 1 heteroatoms. The van der Waals surface area contributed by atoms with Gasteiger partial charge in [-0.05, 0) is 31.6 Å². The molecule has 1 saturated carbocycles. The Kier molecular flexibility index (Phi) is 2.65. The van der Waals surface area contributed by atoms with Crippen LogP contribution in [0.1, 0.15) is 25.7 Å². The van der Waals surface area contributed by atoms with Gasteiger partial charge in [0.05, 0.1) is 0 Å². The molecular weight excluding hydrogens is 128 g/mol. The fourth-order valence-electron chi connectivity index (χ4n) is 1.34. The summed E-state index contributed by atoms with van der Waals surface area (Å²) in [6, 6.07) is 0. The summed E-state index contributed by atoms with van der Waals surface area (Å²) >= 11 is 4.41. The molecule has 9 heavy (non-hydrogen) atoms. The maximum atomic E-state index is 4.41. The Labute approximate surface area is 62.8 Å². The third-order valence-corrected chi connectivity index (χ3v) is 2.59. The van der Waals surface area contributed by atoms with E-state index in [-0.39, 0.29) is 0 Å². The third-order valence-electron chi connectivity index (χ3n) is 2.07. The Morgan fingerprint density at radius 2 is 1.78 bits per heavy atom. The van der Waals surface area contributed by atoms with Gasteiger partial charge in [-0.15, -0.1) is 6.58 Å². The van der Waals surface area contributed by atoms with Crippen molar-refractivity contribution in [2.75, 3.05) is 0 Å². The van der Waals surface area contributed by atoms with E-state index in [9.17, 15) is 0 Å². The summed E-state index contributed by atoms with van der Waals surface area (Å²) in [6.07, 6.45) is 7.24. The van der Waals surface area contributed by atoms with E-state index in [1.807, 2.05) is 0 Å². The molecule has 1 aliphatic rings. The highest BCUT2D eigenvalue weighted by atomic mass is 32.1. The van der Waals surface area contributed by atoms with Gasteiger partial charge in [-0.2, -0.15) is 12.6 Å². The van der Waals surface area contributed by atoms with Crippen molar-refractivity contribution in [3.8, 4) is 0 Å². The molecule has 1 fully saturated rings. The first-order valence-electron chi connectivity index (χ1n) is 3.63. The number of rotatable bonds is 1. The Morgan fingerprint density at radius 1 is 1.22 bits per heavy atom. The molecular formula is C8H14S. The van der Waals surface area contributed by atoms with Crippen LogP contribution in [0.25, 0.3) is 0 Å². The molecule has 0 aromatic rings. The molecule has 1 rings (SSSR count). The molecule has 1 aliphatic carbocycles. The summed E-state index contributed by atoms with van der Waals surface area (Å²) in [4.78, 5) is 0. The van der Waals surface area contributed by atoms with Gasteiger partial charge in [-0.3, -0.25) is 0 Å². The van der Waals surface area contributed by atoms with Gasteiger partial charge in [0.1, 0.15) is 0 Å². The lowest BCUT2D eigenvalue weighted by Gasteiger charge is -2.22. The standard InChI is InChI=1S/C8H14S/c1-2-7-3-5-8(9)6-4-7/h2,7-9H,1,3-6H2. The summed E-state index contributed by atoms with van der Waals surface area (Å²) in [6.45, 7) is 3.78. The van der Waals surface area contributed by atoms with Crippen LogP contribution in [0, 0.1) is 5.92 Å². The highest BCUT2D eigenvalue weighted by molar-refractivity contribution is 7.80. The Bertz CT molecular complexity index is 90.7. The van der Waals surface area contributed by atoms with E-state index in [0.29, 0.717) is 5.25 Å². The maximum absolute atomic E-state index is 4.41. The van der Waals surface area contributed by atoms with Crippen LogP contribution in [0.15, 0.2) is 12.7 Å². The van der Waals surface area contributed by atoms with Crippen LogP contribution in [0.2, 0.25) is 0 Å². The quantitative estimate of drug-likeness (QED) is 0.422. The van der Waals surface area contributed by atoms with Crippen molar-refractivity contribution < 1.29 is 0 Å². The van der Waals surface area contributed by atoms with Gasteiger partial charge < -0.3 is 0 Å². The molecule has 0 saturated heterocycles. The van der Waals surface area contributed by atoms with Crippen LogP contribution in [0.5, 0.6) is 0 Å². The highest BCUT2D eigenvalue weighted by Crippen LogP contribution is 2.27. The van der Waals surface area contributed by atoms with E-state index in [1.54, 1.807) is 0 Å². The average molecular weight is 142 g/mol. The molecule has 0 aromatic heterocycles. The fraction of sp³-hybridized carbons (Fsp3) is 0.750. The first-order chi connectivity index (χ1) is 4.33. The molecule has 0 N–H and O–H groups in total. The second kappa shape index (κ2) is 3.31. The van der Waals surface area contributed by atoms with E-state index in [4.69, 9.17) is 0 Å². The Morgan fingerprint density at radius 3 is 2.22 bits per heavy atom. The zero-order chi connectivity index (χ0) is 6.69. The lowest BCUT2D eigenvalue weighted by Crippen LogP contribution is -2.11. The largest absolute Gasteiger partial charge is 0.176 e. The van der Waals surface area contributed by atoms with Crippen molar-refractivity contribution in [3.05, 3.63) is 12.7 Å². The van der Waals surface area contributed by atoms with Gasteiger partial charge >= 0.3 is 0 Å². The van der Waals surface area contributed by atoms with E-state index in [1.165, 1.54) is 25.7 Å². The maximum Gasteiger partial charge on any atom is 0.00172 e. The van der Waals surface area contributed by atoms with E-state index < -0.39 is 0 Å². The highest BCUT2D eigenvalue weighted by Gasteiger charge is 2.15. The lowest BCUT2D eigenvalue weighted by atomic mass is 9.89. The minimum Gasteiger partial charge on any atom is -0.176 e. The van der Waals surface area contributed by atoms with Gasteiger partial charge in [0.25, 0.3) is 0 Å². The number of hydrogen-bond donors (Lipinski definition) is 1.